The summed E-state index contributed by atoms with van der Waals surface area (Å²) in [6, 6.07) is 21.0. The Morgan fingerprint density at radius 1 is 1.00 bits per heavy atom. The molecule has 0 spiro atoms. The van der Waals surface area contributed by atoms with E-state index in [1.807, 2.05) is 25.1 Å². The van der Waals surface area contributed by atoms with Gasteiger partial charge in [-0.2, -0.15) is 0 Å². The maximum absolute atomic E-state index is 11.4. The van der Waals surface area contributed by atoms with Crippen molar-refractivity contribution in [2.24, 2.45) is 0 Å². The number of H-pyrrole nitrogens is 1. The van der Waals surface area contributed by atoms with Gasteiger partial charge in [0.25, 0.3) is 0 Å². The molecular formula is C29H35N5O2. The van der Waals surface area contributed by atoms with Gasteiger partial charge in [-0.05, 0) is 56.0 Å². The van der Waals surface area contributed by atoms with Crippen molar-refractivity contribution in [3.63, 3.8) is 0 Å². The van der Waals surface area contributed by atoms with Gasteiger partial charge in [-0.3, -0.25) is 4.79 Å². The average molecular weight is 486 g/mol. The predicted octanol–water partition coefficient (Wildman–Crippen LogP) is 6.72. The first-order chi connectivity index (χ1) is 17.6. The van der Waals surface area contributed by atoms with Crippen LogP contribution in [0.3, 0.4) is 0 Å². The van der Waals surface area contributed by atoms with Crippen LogP contribution in [0.2, 0.25) is 0 Å². The molecule has 2 aromatic carbocycles. The van der Waals surface area contributed by atoms with Gasteiger partial charge >= 0.3 is 5.97 Å². The minimum atomic E-state index is -0.0908. The highest BCUT2D eigenvalue weighted by atomic mass is 16.5. The maximum Gasteiger partial charge on any atom is 0.305 e. The predicted molar refractivity (Wildman–Crippen MR) is 146 cm³/mol. The molecule has 2 aromatic heterocycles. The highest BCUT2D eigenvalue weighted by Crippen LogP contribution is 2.29. The minimum absolute atomic E-state index is 0.0908. The number of anilines is 2. The van der Waals surface area contributed by atoms with E-state index in [0.717, 1.165) is 66.0 Å². The highest BCUT2D eigenvalue weighted by Gasteiger charge is 2.12. The van der Waals surface area contributed by atoms with E-state index in [-0.39, 0.29) is 12.0 Å². The van der Waals surface area contributed by atoms with Gasteiger partial charge in [-0.15, -0.1) is 0 Å². The molecule has 1 atom stereocenters. The van der Waals surface area contributed by atoms with E-state index in [0.29, 0.717) is 13.0 Å². The van der Waals surface area contributed by atoms with Crippen LogP contribution in [0.5, 0.6) is 0 Å². The molecule has 0 saturated carbocycles. The smallest absolute Gasteiger partial charge is 0.305 e. The van der Waals surface area contributed by atoms with Crippen molar-refractivity contribution in [2.45, 2.75) is 52.0 Å². The van der Waals surface area contributed by atoms with E-state index >= 15 is 0 Å². The van der Waals surface area contributed by atoms with Crippen LogP contribution in [0.15, 0.2) is 67.0 Å². The van der Waals surface area contributed by atoms with E-state index in [9.17, 15) is 4.79 Å². The molecule has 0 fully saturated rings. The van der Waals surface area contributed by atoms with Gasteiger partial charge in [-0.1, -0.05) is 55.3 Å². The number of aromatic amines is 1. The Bertz CT molecular complexity index is 1240. The van der Waals surface area contributed by atoms with Crippen LogP contribution in [-0.4, -0.2) is 34.1 Å². The van der Waals surface area contributed by atoms with Gasteiger partial charge in [0, 0.05) is 30.4 Å². The molecule has 7 nitrogen and oxygen atoms in total. The fraction of sp³-hybridized carbons (Fsp3) is 0.345. The summed E-state index contributed by atoms with van der Waals surface area (Å²) in [6.45, 7) is 5.34. The van der Waals surface area contributed by atoms with Gasteiger partial charge in [0.05, 0.1) is 12.0 Å². The number of hydrogen-bond donors (Lipinski definition) is 3. The van der Waals surface area contributed by atoms with Crippen molar-refractivity contribution in [3.8, 4) is 11.3 Å². The number of rotatable bonds is 13. The Labute approximate surface area is 212 Å². The Balaban J connectivity index is 1.30. The summed E-state index contributed by atoms with van der Waals surface area (Å²) >= 11 is 0. The van der Waals surface area contributed by atoms with Gasteiger partial charge in [0.1, 0.15) is 17.8 Å². The molecule has 36 heavy (non-hydrogen) atoms. The third-order valence-electron chi connectivity index (χ3n) is 6.22. The lowest BCUT2D eigenvalue weighted by Crippen LogP contribution is -2.08. The summed E-state index contributed by atoms with van der Waals surface area (Å²) in [5.41, 5.74) is 5.22. The number of carbonyl (C=O) groups excluding carboxylic acids is 1. The molecule has 4 rings (SSSR count). The number of carbonyl (C=O) groups is 1. The Morgan fingerprint density at radius 2 is 1.78 bits per heavy atom. The summed E-state index contributed by atoms with van der Waals surface area (Å²) < 4.78 is 4.96. The summed E-state index contributed by atoms with van der Waals surface area (Å²) in [5.74, 6) is 0.728. The molecule has 188 valence electrons. The van der Waals surface area contributed by atoms with Crippen LogP contribution in [-0.2, 0) is 9.53 Å². The van der Waals surface area contributed by atoms with Gasteiger partial charge < -0.3 is 20.4 Å². The fourth-order valence-electron chi connectivity index (χ4n) is 4.22. The van der Waals surface area contributed by atoms with E-state index in [1.165, 1.54) is 5.56 Å². The zero-order chi connectivity index (χ0) is 25.2. The number of aromatic nitrogens is 3. The van der Waals surface area contributed by atoms with Gasteiger partial charge in [0.2, 0.25) is 0 Å². The first-order valence-electron chi connectivity index (χ1n) is 12.8. The minimum Gasteiger partial charge on any atom is -0.466 e. The number of unbranched alkanes of at least 4 members (excludes halogenated alkanes) is 3. The Kier molecular flexibility index (Phi) is 8.92. The van der Waals surface area contributed by atoms with Crippen LogP contribution in [0.25, 0.3) is 22.3 Å². The second-order valence-corrected chi connectivity index (χ2v) is 8.92. The van der Waals surface area contributed by atoms with Crippen molar-refractivity contribution < 1.29 is 9.53 Å². The van der Waals surface area contributed by atoms with Crippen molar-refractivity contribution in [1.82, 2.24) is 15.0 Å². The van der Waals surface area contributed by atoms with Crippen LogP contribution < -0.4 is 10.6 Å². The van der Waals surface area contributed by atoms with E-state index in [2.05, 4.69) is 75.0 Å². The molecule has 0 amide bonds. The number of benzene rings is 2. The zero-order valence-electron chi connectivity index (χ0n) is 21.1. The molecule has 0 saturated heterocycles. The molecular weight excluding hydrogens is 450 g/mol. The number of ether oxygens (including phenoxy) is 1. The number of fused-ring (bicyclic) bond motifs is 1. The van der Waals surface area contributed by atoms with Gasteiger partial charge in [0.15, 0.2) is 0 Å². The van der Waals surface area contributed by atoms with Gasteiger partial charge in [-0.25, -0.2) is 9.97 Å². The maximum atomic E-state index is 11.4. The number of hydrogen-bond acceptors (Lipinski definition) is 6. The highest BCUT2D eigenvalue weighted by molar-refractivity contribution is 5.91. The first kappa shape index (κ1) is 25.2. The largest absolute Gasteiger partial charge is 0.466 e. The van der Waals surface area contributed by atoms with Crippen LogP contribution in [0, 0.1) is 0 Å². The number of esters is 1. The molecule has 4 aromatic rings. The lowest BCUT2D eigenvalue weighted by Gasteiger charge is -2.15. The third kappa shape index (κ3) is 6.84. The zero-order valence-corrected chi connectivity index (χ0v) is 21.1. The van der Waals surface area contributed by atoms with E-state index in [4.69, 9.17) is 4.74 Å². The molecule has 1 unspecified atom stereocenters. The number of nitrogens with zero attached hydrogens (tertiary/aromatic N) is 2. The lowest BCUT2D eigenvalue weighted by molar-refractivity contribution is -0.143. The van der Waals surface area contributed by atoms with Crippen LogP contribution in [0.1, 0.15) is 57.6 Å². The standard InChI is InChI=1S/C29H35N5O2/c1-3-36-27(35)13-9-4-5-10-18-30-24-16-14-23(15-17-24)26-19-25-28(31-20-32-29(25)34-26)33-21(2)22-11-7-6-8-12-22/h6-8,11-12,14-17,19-21,30H,3-5,9-10,13,18H2,1-2H3,(H2,31,32,33,34). The summed E-state index contributed by atoms with van der Waals surface area (Å²) in [5, 5.41) is 7.98. The monoisotopic (exact) mass is 485 g/mol. The second-order valence-electron chi connectivity index (χ2n) is 8.92. The molecule has 3 N–H and O–H groups in total. The summed E-state index contributed by atoms with van der Waals surface area (Å²) in [4.78, 5) is 23.7. The Morgan fingerprint density at radius 3 is 2.56 bits per heavy atom. The van der Waals surface area contributed by atoms with Crippen molar-refractivity contribution in [1.29, 1.82) is 0 Å². The second kappa shape index (κ2) is 12.7. The molecule has 7 heteroatoms. The molecule has 0 aliphatic rings. The topological polar surface area (TPSA) is 91.9 Å². The molecule has 0 aliphatic heterocycles. The summed E-state index contributed by atoms with van der Waals surface area (Å²) in [6.07, 6.45) is 6.22. The van der Waals surface area contributed by atoms with E-state index < -0.39 is 0 Å². The summed E-state index contributed by atoms with van der Waals surface area (Å²) in [7, 11) is 0. The van der Waals surface area contributed by atoms with Crippen molar-refractivity contribution in [3.05, 3.63) is 72.6 Å². The van der Waals surface area contributed by atoms with E-state index in [1.54, 1.807) is 6.33 Å². The normalized spacial score (nSPS) is 11.8. The van der Waals surface area contributed by atoms with Crippen molar-refractivity contribution in [2.75, 3.05) is 23.8 Å². The number of nitrogens with one attached hydrogen (secondary N) is 3. The van der Waals surface area contributed by atoms with Crippen LogP contribution in [0.4, 0.5) is 11.5 Å². The first-order valence-corrected chi connectivity index (χ1v) is 12.8. The molecule has 0 radical (unpaired) electrons. The fourth-order valence-corrected chi connectivity index (χ4v) is 4.22. The van der Waals surface area contributed by atoms with Crippen LogP contribution >= 0.6 is 0 Å². The lowest BCUT2D eigenvalue weighted by atomic mass is 10.1. The average Bonchev–Trinajstić information content (AvgIpc) is 3.35. The molecule has 2 heterocycles. The molecule has 0 aliphatic carbocycles. The Hall–Kier alpha value is -3.87. The quantitative estimate of drug-likeness (QED) is 0.144. The SMILES string of the molecule is CCOC(=O)CCCCCCNc1ccc(-c2cc3c(NC(C)c4ccccc4)ncnc3[nH]2)cc1. The third-order valence-corrected chi connectivity index (χ3v) is 6.22. The van der Waals surface area contributed by atoms with Crippen molar-refractivity contribution >= 4 is 28.5 Å². The molecule has 0 bridgehead atoms.